The highest BCUT2D eigenvalue weighted by Crippen LogP contribution is 2.23. The van der Waals surface area contributed by atoms with Crippen molar-refractivity contribution < 1.29 is 19.1 Å². The van der Waals surface area contributed by atoms with Crippen LogP contribution in [-0.4, -0.2) is 40.1 Å². The zero-order valence-electron chi connectivity index (χ0n) is 13.0. The third-order valence-corrected chi connectivity index (χ3v) is 2.79. The number of hydrogen-bond acceptors (Lipinski definition) is 6. The Morgan fingerprint density at radius 2 is 2.00 bits per heavy atom. The van der Waals surface area contributed by atoms with Crippen molar-refractivity contribution in [1.29, 1.82) is 0 Å². The fourth-order valence-corrected chi connectivity index (χ4v) is 1.86. The minimum Gasteiger partial charge on any atom is -0.492 e. The van der Waals surface area contributed by atoms with E-state index in [4.69, 9.17) is 9.47 Å². The first-order valence-corrected chi connectivity index (χ1v) is 7.23. The molecule has 8 heteroatoms. The number of hydrogen-bond donors (Lipinski definition) is 1. The van der Waals surface area contributed by atoms with Crippen molar-refractivity contribution in [3.8, 4) is 5.75 Å². The number of aromatic nitrogens is 3. The summed E-state index contributed by atoms with van der Waals surface area (Å²) >= 11 is 0. The Balaban J connectivity index is 1.99. The molecule has 0 radical (unpaired) electrons. The van der Waals surface area contributed by atoms with E-state index in [2.05, 4.69) is 15.6 Å². The maximum Gasteiger partial charge on any atom is 0.360 e. The summed E-state index contributed by atoms with van der Waals surface area (Å²) in [6.45, 7) is 4.24. The topological polar surface area (TPSA) is 95.3 Å². The van der Waals surface area contributed by atoms with E-state index in [0.29, 0.717) is 18.0 Å². The summed E-state index contributed by atoms with van der Waals surface area (Å²) in [5, 5.41) is 10.1. The van der Waals surface area contributed by atoms with Gasteiger partial charge in [0.2, 0.25) is 5.91 Å². The predicted octanol–water partition coefficient (Wildman–Crippen LogP) is 1.49. The van der Waals surface area contributed by atoms with Crippen LogP contribution in [0.4, 0.5) is 5.69 Å². The van der Waals surface area contributed by atoms with E-state index in [1.54, 1.807) is 25.1 Å². The first-order chi connectivity index (χ1) is 11.1. The lowest BCUT2D eigenvalue weighted by Crippen LogP contribution is -2.19. The molecule has 0 fully saturated rings. The van der Waals surface area contributed by atoms with Crippen LogP contribution >= 0.6 is 0 Å². The molecule has 2 aromatic rings. The van der Waals surface area contributed by atoms with Crippen LogP contribution in [0.15, 0.2) is 30.5 Å². The number of carbonyl (C=O) groups is 2. The van der Waals surface area contributed by atoms with E-state index in [-0.39, 0.29) is 24.8 Å². The summed E-state index contributed by atoms with van der Waals surface area (Å²) < 4.78 is 11.5. The Hall–Kier alpha value is -2.90. The average molecular weight is 318 g/mol. The molecule has 1 heterocycles. The molecule has 0 spiro atoms. The Morgan fingerprint density at radius 1 is 1.22 bits per heavy atom. The molecular formula is C15H18N4O4. The van der Waals surface area contributed by atoms with Crippen LogP contribution in [0.5, 0.6) is 5.75 Å². The van der Waals surface area contributed by atoms with E-state index >= 15 is 0 Å². The third kappa shape index (κ3) is 4.53. The molecule has 0 unspecified atom stereocenters. The molecule has 0 saturated carbocycles. The lowest BCUT2D eigenvalue weighted by Gasteiger charge is -2.10. The second kappa shape index (κ2) is 7.92. The minimum atomic E-state index is -0.569. The van der Waals surface area contributed by atoms with Crippen molar-refractivity contribution in [3.05, 3.63) is 36.2 Å². The van der Waals surface area contributed by atoms with E-state index in [9.17, 15) is 9.59 Å². The predicted molar refractivity (Wildman–Crippen MR) is 82.2 cm³/mol. The molecule has 1 amide bonds. The lowest BCUT2D eigenvalue weighted by molar-refractivity contribution is -0.116. The average Bonchev–Trinajstić information content (AvgIpc) is 2.98. The highest BCUT2D eigenvalue weighted by atomic mass is 16.5. The van der Waals surface area contributed by atoms with Crippen LogP contribution in [0, 0.1) is 0 Å². The number of nitrogens with one attached hydrogen (secondary N) is 1. The number of rotatable bonds is 7. The number of benzene rings is 1. The molecule has 1 aromatic carbocycles. The van der Waals surface area contributed by atoms with Crippen LogP contribution < -0.4 is 10.1 Å². The lowest BCUT2D eigenvalue weighted by atomic mass is 10.3. The Kier molecular flexibility index (Phi) is 5.67. The molecule has 0 aliphatic rings. The fourth-order valence-electron chi connectivity index (χ4n) is 1.86. The van der Waals surface area contributed by atoms with Gasteiger partial charge in [0.1, 0.15) is 12.3 Å². The minimum absolute atomic E-state index is 0.0642. The molecule has 1 aromatic heterocycles. The second-order valence-corrected chi connectivity index (χ2v) is 4.50. The van der Waals surface area contributed by atoms with Crippen LogP contribution in [-0.2, 0) is 16.1 Å². The zero-order valence-corrected chi connectivity index (χ0v) is 13.0. The number of nitrogens with zero attached hydrogens (tertiary/aromatic N) is 3. The number of anilines is 1. The van der Waals surface area contributed by atoms with Crippen LogP contribution in [0.3, 0.4) is 0 Å². The van der Waals surface area contributed by atoms with Gasteiger partial charge >= 0.3 is 5.97 Å². The molecule has 122 valence electrons. The molecule has 8 nitrogen and oxygen atoms in total. The quantitative estimate of drug-likeness (QED) is 0.777. The summed E-state index contributed by atoms with van der Waals surface area (Å²) in [4.78, 5) is 23.6. The van der Waals surface area contributed by atoms with Crippen LogP contribution in [0.2, 0.25) is 0 Å². The molecule has 0 bridgehead atoms. The van der Waals surface area contributed by atoms with Gasteiger partial charge in [-0.2, -0.15) is 0 Å². The molecule has 0 atom stereocenters. The number of amides is 1. The molecular weight excluding hydrogens is 300 g/mol. The number of carbonyl (C=O) groups excluding carboxylic acids is 2. The molecule has 0 aliphatic carbocycles. The first-order valence-electron chi connectivity index (χ1n) is 7.23. The van der Waals surface area contributed by atoms with Gasteiger partial charge in [0.15, 0.2) is 5.69 Å². The summed E-state index contributed by atoms with van der Waals surface area (Å²) in [6, 6.07) is 7.14. The number of esters is 1. The second-order valence-electron chi connectivity index (χ2n) is 4.50. The van der Waals surface area contributed by atoms with Crippen molar-refractivity contribution in [3.63, 3.8) is 0 Å². The third-order valence-electron chi connectivity index (χ3n) is 2.79. The molecule has 0 aliphatic heterocycles. The van der Waals surface area contributed by atoms with Crippen LogP contribution in [0.1, 0.15) is 24.3 Å². The zero-order chi connectivity index (χ0) is 16.7. The van der Waals surface area contributed by atoms with Gasteiger partial charge in [-0.25, -0.2) is 9.48 Å². The SMILES string of the molecule is CCOC(=O)c1cn(CC(=O)Nc2ccccc2OCC)nn1. The number of ether oxygens (including phenoxy) is 2. The van der Waals surface area contributed by atoms with Gasteiger partial charge in [0.25, 0.3) is 0 Å². The van der Waals surface area contributed by atoms with Gasteiger partial charge in [0, 0.05) is 0 Å². The summed E-state index contributed by atoms with van der Waals surface area (Å²) in [7, 11) is 0. The monoisotopic (exact) mass is 318 g/mol. The van der Waals surface area contributed by atoms with Gasteiger partial charge in [-0.1, -0.05) is 17.3 Å². The van der Waals surface area contributed by atoms with Gasteiger partial charge in [-0.3, -0.25) is 4.79 Å². The molecule has 23 heavy (non-hydrogen) atoms. The summed E-state index contributed by atoms with van der Waals surface area (Å²) in [6.07, 6.45) is 1.37. The smallest absolute Gasteiger partial charge is 0.360 e. The highest BCUT2D eigenvalue weighted by molar-refractivity contribution is 5.92. The standard InChI is InChI=1S/C15H18N4O4/c1-3-22-13-8-6-5-7-11(13)16-14(20)10-19-9-12(17-18-19)15(21)23-4-2/h5-9H,3-4,10H2,1-2H3,(H,16,20). The Bertz CT molecular complexity index is 684. The van der Waals surface area contributed by atoms with Gasteiger partial charge in [-0.05, 0) is 26.0 Å². The van der Waals surface area contributed by atoms with Crippen LogP contribution in [0.25, 0.3) is 0 Å². The van der Waals surface area contributed by atoms with Gasteiger partial charge in [0.05, 0.1) is 25.1 Å². The van der Waals surface area contributed by atoms with Crippen molar-refractivity contribution >= 4 is 17.6 Å². The van der Waals surface area contributed by atoms with E-state index in [0.717, 1.165) is 0 Å². The molecule has 2 rings (SSSR count). The molecule has 1 N–H and O–H groups in total. The van der Waals surface area contributed by atoms with E-state index in [1.165, 1.54) is 10.9 Å². The maximum absolute atomic E-state index is 12.1. The van der Waals surface area contributed by atoms with Gasteiger partial charge < -0.3 is 14.8 Å². The maximum atomic E-state index is 12.1. The van der Waals surface area contributed by atoms with E-state index in [1.807, 2.05) is 13.0 Å². The van der Waals surface area contributed by atoms with Crippen molar-refractivity contribution in [2.75, 3.05) is 18.5 Å². The Labute approximate surface area is 133 Å². The molecule has 0 saturated heterocycles. The largest absolute Gasteiger partial charge is 0.492 e. The van der Waals surface area contributed by atoms with Crippen molar-refractivity contribution in [1.82, 2.24) is 15.0 Å². The Morgan fingerprint density at radius 3 is 2.74 bits per heavy atom. The van der Waals surface area contributed by atoms with E-state index < -0.39 is 5.97 Å². The summed E-state index contributed by atoms with van der Waals surface area (Å²) in [5.41, 5.74) is 0.638. The van der Waals surface area contributed by atoms with Crippen molar-refractivity contribution in [2.24, 2.45) is 0 Å². The van der Waals surface area contributed by atoms with Gasteiger partial charge in [-0.15, -0.1) is 5.10 Å². The first kappa shape index (κ1) is 16.5. The highest BCUT2D eigenvalue weighted by Gasteiger charge is 2.14. The fraction of sp³-hybridized carbons (Fsp3) is 0.333. The van der Waals surface area contributed by atoms with Crippen molar-refractivity contribution in [2.45, 2.75) is 20.4 Å². The summed E-state index contributed by atoms with van der Waals surface area (Å²) in [5.74, 6) is -0.285. The normalized spacial score (nSPS) is 10.2. The number of para-hydroxylation sites is 2.